The van der Waals surface area contributed by atoms with Crippen LogP contribution in [-0.4, -0.2) is 12.0 Å². The number of rotatable bonds is 5. The van der Waals surface area contributed by atoms with Gasteiger partial charge in [-0.3, -0.25) is 4.79 Å². The summed E-state index contributed by atoms with van der Waals surface area (Å²) in [4.78, 5) is 12.2. The monoisotopic (exact) mass is 301 g/mol. The van der Waals surface area contributed by atoms with Crippen LogP contribution in [0.1, 0.15) is 24.5 Å². The third-order valence-electron chi connectivity index (χ3n) is 3.55. The van der Waals surface area contributed by atoms with Crippen molar-refractivity contribution >= 4 is 11.6 Å². The molecule has 3 nitrogen and oxygen atoms in total. The molecular weight excluding hydrogens is 281 g/mol. The summed E-state index contributed by atoms with van der Waals surface area (Å²) in [5.74, 6) is -0.179. The lowest BCUT2D eigenvalue weighted by molar-refractivity contribution is -0.122. The Labute approximate surface area is 130 Å². The molecular formula is C18H20FNO2. The van der Waals surface area contributed by atoms with Crippen LogP contribution in [0, 0.1) is 19.7 Å². The molecule has 116 valence electrons. The van der Waals surface area contributed by atoms with E-state index < -0.39 is 11.9 Å². The second-order valence-electron chi connectivity index (χ2n) is 5.23. The first kappa shape index (κ1) is 16.0. The Balaban J connectivity index is 2.09. The van der Waals surface area contributed by atoms with Crippen molar-refractivity contribution in [1.29, 1.82) is 0 Å². The summed E-state index contributed by atoms with van der Waals surface area (Å²) < 4.78 is 19.3. The first-order valence-electron chi connectivity index (χ1n) is 7.30. The van der Waals surface area contributed by atoms with Gasteiger partial charge in [-0.2, -0.15) is 0 Å². The molecule has 0 aliphatic heterocycles. The van der Waals surface area contributed by atoms with Gasteiger partial charge >= 0.3 is 0 Å². The Kier molecular flexibility index (Phi) is 5.15. The van der Waals surface area contributed by atoms with E-state index in [4.69, 9.17) is 4.74 Å². The second-order valence-corrected chi connectivity index (χ2v) is 5.23. The van der Waals surface area contributed by atoms with Crippen LogP contribution in [0.3, 0.4) is 0 Å². The summed E-state index contributed by atoms with van der Waals surface area (Å²) in [6.45, 7) is 5.86. The number of halogens is 1. The largest absolute Gasteiger partial charge is 0.481 e. The zero-order valence-corrected chi connectivity index (χ0v) is 13.0. The maximum absolute atomic E-state index is 13.6. The van der Waals surface area contributed by atoms with E-state index in [0.717, 1.165) is 11.1 Å². The number of amides is 1. The molecule has 0 heterocycles. The van der Waals surface area contributed by atoms with Crippen molar-refractivity contribution in [2.75, 3.05) is 5.32 Å². The summed E-state index contributed by atoms with van der Waals surface area (Å²) in [5.41, 5.74) is 2.42. The van der Waals surface area contributed by atoms with Crippen LogP contribution < -0.4 is 10.1 Å². The van der Waals surface area contributed by atoms with Gasteiger partial charge in [0, 0.05) is 0 Å². The summed E-state index contributed by atoms with van der Waals surface area (Å²) in [6.07, 6.45) is -0.172. The van der Waals surface area contributed by atoms with Crippen LogP contribution in [0.4, 0.5) is 10.1 Å². The van der Waals surface area contributed by atoms with Gasteiger partial charge < -0.3 is 10.1 Å². The van der Waals surface area contributed by atoms with Crippen LogP contribution in [0.15, 0.2) is 42.5 Å². The highest BCUT2D eigenvalue weighted by atomic mass is 19.1. The van der Waals surface area contributed by atoms with Crippen molar-refractivity contribution < 1.29 is 13.9 Å². The fourth-order valence-electron chi connectivity index (χ4n) is 2.05. The van der Waals surface area contributed by atoms with Crippen LogP contribution in [0.2, 0.25) is 0 Å². The number of carbonyl (C=O) groups excluding carboxylic acids is 1. The summed E-state index contributed by atoms with van der Waals surface area (Å²) in [6, 6.07) is 11.8. The third-order valence-corrected chi connectivity index (χ3v) is 3.55. The molecule has 0 aromatic heterocycles. The Hall–Kier alpha value is -2.36. The zero-order valence-electron chi connectivity index (χ0n) is 13.0. The third kappa shape index (κ3) is 3.85. The zero-order chi connectivity index (χ0) is 16.1. The standard InChI is InChI=1S/C18H20FNO2/c1-4-17(22-14-10-9-12(2)13(3)11-14)18(21)20-16-8-6-5-7-15(16)19/h5-11,17H,4H2,1-3H3,(H,20,21). The molecule has 0 aliphatic carbocycles. The molecule has 0 fully saturated rings. The SMILES string of the molecule is CCC(Oc1ccc(C)c(C)c1)C(=O)Nc1ccccc1F. The first-order valence-corrected chi connectivity index (χ1v) is 7.30. The molecule has 4 heteroatoms. The van der Waals surface area contributed by atoms with Crippen molar-refractivity contribution in [3.8, 4) is 5.75 Å². The molecule has 2 rings (SSSR count). The van der Waals surface area contributed by atoms with Gasteiger partial charge in [0.05, 0.1) is 5.69 Å². The summed E-state index contributed by atoms with van der Waals surface area (Å²) >= 11 is 0. The fraction of sp³-hybridized carbons (Fsp3) is 0.278. The number of anilines is 1. The predicted molar refractivity (Wildman–Crippen MR) is 85.7 cm³/mol. The minimum absolute atomic E-state index is 0.162. The lowest BCUT2D eigenvalue weighted by Gasteiger charge is -2.18. The molecule has 0 saturated carbocycles. The molecule has 0 radical (unpaired) electrons. The quantitative estimate of drug-likeness (QED) is 0.897. The van der Waals surface area contributed by atoms with E-state index in [1.54, 1.807) is 12.1 Å². The molecule has 1 N–H and O–H groups in total. The van der Waals surface area contributed by atoms with E-state index in [1.165, 1.54) is 12.1 Å². The van der Waals surface area contributed by atoms with Gasteiger partial charge in [0.15, 0.2) is 6.10 Å². The van der Waals surface area contributed by atoms with Gasteiger partial charge in [-0.05, 0) is 55.7 Å². The number of carbonyl (C=O) groups is 1. The maximum atomic E-state index is 13.6. The molecule has 0 aliphatic rings. The summed E-state index contributed by atoms with van der Waals surface area (Å²) in [7, 11) is 0. The molecule has 1 atom stereocenters. The number of hydrogen-bond donors (Lipinski definition) is 1. The van der Waals surface area contributed by atoms with E-state index in [9.17, 15) is 9.18 Å². The van der Waals surface area contributed by atoms with Crippen LogP contribution in [0.25, 0.3) is 0 Å². The van der Waals surface area contributed by atoms with E-state index in [2.05, 4.69) is 5.32 Å². The minimum Gasteiger partial charge on any atom is -0.481 e. The molecule has 1 unspecified atom stereocenters. The van der Waals surface area contributed by atoms with Crippen molar-refractivity contribution in [3.63, 3.8) is 0 Å². The molecule has 0 spiro atoms. The van der Waals surface area contributed by atoms with Gasteiger partial charge in [0.25, 0.3) is 5.91 Å². The number of benzene rings is 2. The molecule has 2 aromatic carbocycles. The Morgan fingerprint density at radius 2 is 1.91 bits per heavy atom. The van der Waals surface area contributed by atoms with E-state index in [1.807, 2.05) is 39.0 Å². The van der Waals surface area contributed by atoms with E-state index in [0.29, 0.717) is 12.2 Å². The number of aryl methyl sites for hydroxylation is 2. The maximum Gasteiger partial charge on any atom is 0.265 e. The normalized spacial score (nSPS) is 11.8. The molecule has 0 bridgehead atoms. The molecule has 1 amide bonds. The van der Waals surface area contributed by atoms with E-state index >= 15 is 0 Å². The van der Waals surface area contributed by atoms with Gasteiger partial charge in [0.1, 0.15) is 11.6 Å². The van der Waals surface area contributed by atoms with Gasteiger partial charge in [-0.1, -0.05) is 25.1 Å². The van der Waals surface area contributed by atoms with Crippen molar-refractivity contribution in [2.45, 2.75) is 33.3 Å². The highest BCUT2D eigenvalue weighted by Gasteiger charge is 2.19. The number of para-hydroxylation sites is 1. The summed E-state index contributed by atoms with van der Waals surface area (Å²) in [5, 5.41) is 2.57. The highest BCUT2D eigenvalue weighted by molar-refractivity contribution is 5.94. The molecule has 22 heavy (non-hydrogen) atoms. The molecule has 0 saturated heterocycles. The highest BCUT2D eigenvalue weighted by Crippen LogP contribution is 2.20. The van der Waals surface area contributed by atoms with Crippen LogP contribution in [0.5, 0.6) is 5.75 Å². The average Bonchev–Trinajstić information content (AvgIpc) is 2.50. The topological polar surface area (TPSA) is 38.3 Å². The lowest BCUT2D eigenvalue weighted by atomic mass is 10.1. The van der Waals surface area contributed by atoms with Crippen molar-refractivity contribution in [1.82, 2.24) is 0 Å². The minimum atomic E-state index is -0.665. The van der Waals surface area contributed by atoms with Gasteiger partial charge in [-0.15, -0.1) is 0 Å². The van der Waals surface area contributed by atoms with Crippen molar-refractivity contribution in [3.05, 3.63) is 59.4 Å². The Morgan fingerprint density at radius 3 is 2.55 bits per heavy atom. The first-order chi connectivity index (χ1) is 10.5. The number of hydrogen-bond acceptors (Lipinski definition) is 2. The Bertz CT molecular complexity index is 670. The number of ether oxygens (including phenoxy) is 1. The van der Waals surface area contributed by atoms with Crippen LogP contribution >= 0.6 is 0 Å². The van der Waals surface area contributed by atoms with Crippen molar-refractivity contribution in [2.24, 2.45) is 0 Å². The van der Waals surface area contributed by atoms with Gasteiger partial charge in [0.2, 0.25) is 0 Å². The Morgan fingerprint density at radius 1 is 1.18 bits per heavy atom. The lowest BCUT2D eigenvalue weighted by Crippen LogP contribution is -2.32. The second kappa shape index (κ2) is 7.07. The van der Waals surface area contributed by atoms with Crippen LogP contribution in [-0.2, 0) is 4.79 Å². The smallest absolute Gasteiger partial charge is 0.265 e. The number of nitrogens with one attached hydrogen (secondary N) is 1. The van der Waals surface area contributed by atoms with E-state index in [-0.39, 0.29) is 11.6 Å². The fourth-order valence-corrected chi connectivity index (χ4v) is 2.05. The average molecular weight is 301 g/mol. The predicted octanol–water partition coefficient (Wildman–Crippen LogP) is 4.24. The molecule has 2 aromatic rings. The van der Waals surface area contributed by atoms with Gasteiger partial charge in [-0.25, -0.2) is 4.39 Å².